The summed E-state index contributed by atoms with van der Waals surface area (Å²) in [5.74, 6) is 6.74. The highest BCUT2D eigenvalue weighted by atomic mass is 14.9. The SMILES string of the molecule is CC1CCC2C(CCC3C2CCC2(C)C3CCCC2[C@H](C)Nc2cccc(C#N)c2)C1. The zero-order valence-electron chi connectivity index (χ0n) is 19.9. The molecule has 5 rings (SSSR count). The van der Waals surface area contributed by atoms with Crippen molar-refractivity contribution in [3.8, 4) is 6.07 Å². The summed E-state index contributed by atoms with van der Waals surface area (Å²) in [6.07, 6.45) is 14.7. The maximum Gasteiger partial charge on any atom is 0.0992 e. The van der Waals surface area contributed by atoms with Crippen LogP contribution in [0.5, 0.6) is 0 Å². The Bertz CT molecular complexity index is 824. The van der Waals surface area contributed by atoms with Gasteiger partial charge in [-0.2, -0.15) is 5.26 Å². The number of anilines is 1. The molecule has 31 heavy (non-hydrogen) atoms. The Kier molecular flexibility index (Phi) is 5.83. The van der Waals surface area contributed by atoms with Crippen LogP contribution in [0.1, 0.15) is 90.5 Å². The second-order valence-corrected chi connectivity index (χ2v) is 12.1. The van der Waals surface area contributed by atoms with E-state index in [4.69, 9.17) is 0 Å². The van der Waals surface area contributed by atoms with Crippen molar-refractivity contribution in [3.63, 3.8) is 0 Å². The molecule has 4 saturated carbocycles. The summed E-state index contributed by atoms with van der Waals surface area (Å²) in [6.45, 7) is 7.56. The lowest BCUT2D eigenvalue weighted by molar-refractivity contribution is -0.112. The van der Waals surface area contributed by atoms with Crippen LogP contribution in [0.15, 0.2) is 24.3 Å². The van der Waals surface area contributed by atoms with Gasteiger partial charge in [-0.1, -0.05) is 32.8 Å². The van der Waals surface area contributed by atoms with E-state index in [1.165, 1.54) is 64.2 Å². The fraction of sp³-hybridized carbons (Fsp3) is 0.759. The molecule has 0 aliphatic heterocycles. The molecule has 4 aliphatic carbocycles. The molecule has 4 fully saturated rings. The second kappa shape index (κ2) is 8.46. The largest absolute Gasteiger partial charge is 0.382 e. The molecule has 0 spiro atoms. The number of hydrogen-bond donors (Lipinski definition) is 1. The normalized spacial score (nSPS) is 43.0. The minimum absolute atomic E-state index is 0.463. The summed E-state index contributed by atoms with van der Waals surface area (Å²) >= 11 is 0. The highest BCUT2D eigenvalue weighted by Crippen LogP contribution is 2.63. The molecule has 1 N–H and O–H groups in total. The van der Waals surface area contributed by atoms with Gasteiger partial charge in [0.25, 0.3) is 0 Å². The number of benzene rings is 1. The second-order valence-electron chi connectivity index (χ2n) is 12.1. The van der Waals surface area contributed by atoms with Gasteiger partial charge < -0.3 is 5.32 Å². The minimum Gasteiger partial charge on any atom is -0.382 e. The molecule has 2 nitrogen and oxygen atoms in total. The Balaban J connectivity index is 1.33. The van der Waals surface area contributed by atoms with Crippen LogP contribution in [-0.2, 0) is 0 Å². The molecule has 4 aliphatic rings. The molecule has 0 bridgehead atoms. The first kappa shape index (κ1) is 21.4. The molecule has 0 aromatic heterocycles. The molecule has 8 unspecified atom stereocenters. The lowest BCUT2D eigenvalue weighted by Gasteiger charge is -2.61. The van der Waals surface area contributed by atoms with Crippen molar-refractivity contribution in [1.29, 1.82) is 5.26 Å². The molecule has 168 valence electrons. The molecule has 0 amide bonds. The Morgan fingerprint density at radius 1 is 1.03 bits per heavy atom. The Morgan fingerprint density at radius 2 is 1.87 bits per heavy atom. The topological polar surface area (TPSA) is 35.8 Å². The first-order chi connectivity index (χ1) is 15.0. The lowest BCUT2D eigenvalue weighted by Crippen LogP contribution is -2.55. The van der Waals surface area contributed by atoms with Crippen LogP contribution in [0.3, 0.4) is 0 Å². The number of nitrogens with one attached hydrogen (secondary N) is 1. The van der Waals surface area contributed by atoms with Crippen LogP contribution in [0.2, 0.25) is 0 Å². The highest BCUT2D eigenvalue weighted by Gasteiger charge is 2.56. The monoisotopic (exact) mass is 418 g/mol. The van der Waals surface area contributed by atoms with Crippen molar-refractivity contribution in [2.24, 2.45) is 46.8 Å². The number of nitriles is 1. The maximum absolute atomic E-state index is 9.27. The minimum atomic E-state index is 0.463. The molecular formula is C29H42N2. The predicted molar refractivity (Wildman–Crippen MR) is 129 cm³/mol. The lowest BCUT2D eigenvalue weighted by atomic mass is 9.44. The van der Waals surface area contributed by atoms with Gasteiger partial charge in [0.05, 0.1) is 11.6 Å². The van der Waals surface area contributed by atoms with Crippen LogP contribution in [0, 0.1) is 58.2 Å². The maximum atomic E-state index is 9.27. The van der Waals surface area contributed by atoms with Crippen LogP contribution in [0.4, 0.5) is 5.69 Å². The third-order valence-corrected chi connectivity index (χ3v) is 10.5. The zero-order chi connectivity index (χ0) is 21.6. The van der Waals surface area contributed by atoms with E-state index >= 15 is 0 Å². The zero-order valence-corrected chi connectivity index (χ0v) is 19.9. The number of hydrogen-bond acceptors (Lipinski definition) is 2. The Morgan fingerprint density at radius 3 is 2.71 bits per heavy atom. The van der Waals surface area contributed by atoms with Crippen LogP contribution >= 0.6 is 0 Å². The Hall–Kier alpha value is -1.49. The van der Waals surface area contributed by atoms with E-state index in [1.54, 1.807) is 0 Å². The van der Waals surface area contributed by atoms with Crippen molar-refractivity contribution in [2.45, 2.75) is 91.0 Å². The summed E-state index contributed by atoms with van der Waals surface area (Å²) < 4.78 is 0. The molecule has 0 saturated heterocycles. The van der Waals surface area contributed by atoms with E-state index in [2.05, 4.69) is 38.2 Å². The molecule has 2 heteroatoms. The van der Waals surface area contributed by atoms with E-state index in [-0.39, 0.29) is 0 Å². The molecule has 0 heterocycles. The van der Waals surface area contributed by atoms with E-state index in [0.717, 1.165) is 52.7 Å². The van der Waals surface area contributed by atoms with E-state index < -0.39 is 0 Å². The number of rotatable bonds is 3. The number of nitrogens with zero attached hydrogens (tertiary/aromatic N) is 1. The summed E-state index contributed by atoms with van der Waals surface area (Å²) in [4.78, 5) is 0. The standard InChI is InChI=1S/C29H42N2/c1-19-10-12-24-22(16-19)11-13-26-25(24)14-15-29(3)27(8-5-9-28(26)29)20(2)31-23-7-4-6-21(17-23)18-30/h4,6-7,17,19-20,22,24-28,31H,5,8-16H2,1-3H3/t19?,20-,22?,24?,25?,26?,27?,28?,29?/m0/s1. The van der Waals surface area contributed by atoms with Crippen molar-refractivity contribution in [2.75, 3.05) is 5.32 Å². The van der Waals surface area contributed by atoms with Gasteiger partial charge in [-0.05, 0) is 123 Å². The Labute approximate surface area is 190 Å². The van der Waals surface area contributed by atoms with E-state index in [1.807, 2.05) is 18.2 Å². The highest BCUT2D eigenvalue weighted by molar-refractivity contribution is 5.49. The fourth-order valence-corrected chi connectivity index (χ4v) is 9.19. The van der Waals surface area contributed by atoms with Gasteiger partial charge in [0.1, 0.15) is 0 Å². The van der Waals surface area contributed by atoms with Crippen LogP contribution < -0.4 is 5.32 Å². The van der Waals surface area contributed by atoms with Crippen LogP contribution in [-0.4, -0.2) is 6.04 Å². The first-order valence-electron chi connectivity index (χ1n) is 13.3. The van der Waals surface area contributed by atoms with E-state index in [0.29, 0.717) is 11.5 Å². The average Bonchev–Trinajstić information content (AvgIpc) is 2.77. The van der Waals surface area contributed by atoms with Gasteiger partial charge in [0, 0.05) is 11.7 Å². The summed E-state index contributed by atoms with van der Waals surface area (Å²) in [5, 5.41) is 13.1. The van der Waals surface area contributed by atoms with Crippen molar-refractivity contribution >= 4 is 5.69 Å². The summed E-state index contributed by atoms with van der Waals surface area (Å²) in [6, 6.07) is 10.8. The third-order valence-electron chi connectivity index (χ3n) is 10.5. The van der Waals surface area contributed by atoms with Crippen LogP contribution in [0.25, 0.3) is 0 Å². The van der Waals surface area contributed by atoms with Gasteiger partial charge in [-0.15, -0.1) is 0 Å². The summed E-state index contributed by atoms with van der Waals surface area (Å²) in [5.41, 5.74) is 2.35. The molecule has 0 radical (unpaired) electrons. The number of fused-ring (bicyclic) bond motifs is 5. The predicted octanol–water partition coefficient (Wildman–Crippen LogP) is 7.65. The molecular weight excluding hydrogens is 376 g/mol. The fourth-order valence-electron chi connectivity index (χ4n) is 9.19. The quantitative estimate of drug-likeness (QED) is 0.547. The van der Waals surface area contributed by atoms with E-state index in [9.17, 15) is 5.26 Å². The van der Waals surface area contributed by atoms with Crippen molar-refractivity contribution in [3.05, 3.63) is 29.8 Å². The molecule has 1 aromatic rings. The van der Waals surface area contributed by atoms with Gasteiger partial charge in [-0.3, -0.25) is 0 Å². The molecule has 1 aromatic carbocycles. The van der Waals surface area contributed by atoms with Gasteiger partial charge in [-0.25, -0.2) is 0 Å². The average molecular weight is 419 g/mol. The molecule has 9 atom stereocenters. The first-order valence-corrected chi connectivity index (χ1v) is 13.3. The summed E-state index contributed by atoms with van der Waals surface area (Å²) in [7, 11) is 0. The van der Waals surface area contributed by atoms with Gasteiger partial charge >= 0.3 is 0 Å². The third kappa shape index (κ3) is 3.81. The smallest absolute Gasteiger partial charge is 0.0992 e. The van der Waals surface area contributed by atoms with Gasteiger partial charge in [0.15, 0.2) is 0 Å². The van der Waals surface area contributed by atoms with Gasteiger partial charge in [0.2, 0.25) is 0 Å². The van der Waals surface area contributed by atoms with Crippen molar-refractivity contribution < 1.29 is 0 Å². The van der Waals surface area contributed by atoms with Crippen molar-refractivity contribution in [1.82, 2.24) is 0 Å².